The summed E-state index contributed by atoms with van der Waals surface area (Å²) in [6.45, 7) is 0. The summed E-state index contributed by atoms with van der Waals surface area (Å²) in [7, 11) is -6.36. The van der Waals surface area contributed by atoms with Crippen LogP contribution in [-0.2, 0) is 10.1 Å². The van der Waals surface area contributed by atoms with Crippen molar-refractivity contribution in [3.63, 3.8) is 0 Å². The molecular formula is C2H2F5NO3S. The van der Waals surface area contributed by atoms with Crippen LogP contribution in [0.3, 0.4) is 0 Å². The molecule has 0 atom stereocenters. The highest BCUT2D eigenvalue weighted by Crippen LogP contribution is 2.35. The van der Waals surface area contributed by atoms with Gasteiger partial charge >= 0.3 is 21.4 Å². The summed E-state index contributed by atoms with van der Waals surface area (Å²) in [5.41, 5.74) is -0.734. The maximum atomic E-state index is 11.8. The fourth-order valence-electron chi connectivity index (χ4n) is 0.217. The molecule has 74 valence electrons. The first-order valence-electron chi connectivity index (χ1n) is 2.16. The molecule has 0 aliphatic rings. The average Bonchev–Trinajstić information content (AvgIpc) is 1.85. The van der Waals surface area contributed by atoms with Crippen LogP contribution < -0.4 is 5.54 Å². The average molecular weight is 215 g/mol. The summed E-state index contributed by atoms with van der Waals surface area (Å²) in [5, 5.41) is -5.91. The monoisotopic (exact) mass is 215 g/mol. The van der Waals surface area contributed by atoms with Gasteiger partial charge in [0.2, 0.25) is 0 Å². The Hall–Kier alpha value is -0.480. The van der Waals surface area contributed by atoms with Crippen molar-refractivity contribution in [2.24, 2.45) is 0 Å². The van der Waals surface area contributed by atoms with E-state index in [4.69, 9.17) is 4.55 Å². The van der Waals surface area contributed by atoms with Crippen molar-refractivity contribution < 1.29 is 35.0 Å². The second kappa shape index (κ2) is 2.78. The Kier molecular flexibility index (Phi) is 2.67. The first-order chi connectivity index (χ1) is 5.06. The van der Waals surface area contributed by atoms with Gasteiger partial charge < -0.3 is 0 Å². The summed E-state index contributed by atoms with van der Waals surface area (Å²) in [6.07, 6.45) is 0. The van der Waals surface area contributed by atoms with E-state index in [1.165, 1.54) is 0 Å². The van der Waals surface area contributed by atoms with Crippen LogP contribution in [0.5, 0.6) is 0 Å². The Morgan fingerprint density at radius 1 is 1.17 bits per heavy atom. The number of nitrogens with one attached hydrogen (secondary N) is 1. The Labute approximate surface area is 63.0 Å². The Balaban J connectivity index is 5.13. The molecule has 0 bridgehead atoms. The first kappa shape index (κ1) is 11.5. The standard InChI is InChI=1S/C2H2F5NO3S/c3-1(4,8-7)2(5,6)12(9,10)11/h8H,(H,9,10,11). The SMILES string of the molecule is O=S(=O)(O)C(F)(F)C(F)(F)NF. The van der Waals surface area contributed by atoms with Crippen LogP contribution in [0.4, 0.5) is 22.0 Å². The highest BCUT2D eigenvalue weighted by molar-refractivity contribution is 7.87. The molecular weight excluding hydrogens is 213 g/mol. The molecule has 0 aromatic rings. The summed E-state index contributed by atoms with van der Waals surface area (Å²) < 4.78 is 84.6. The maximum Gasteiger partial charge on any atom is 0.449 e. The van der Waals surface area contributed by atoms with Crippen LogP contribution in [0, 0.1) is 0 Å². The summed E-state index contributed by atoms with van der Waals surface area (Å²) in [4.78, 5) is 0. The predicted octanol–water partition coefficient (Wildman–Crippen LogP) is 0.534. The number of halogens is 5. The fourth-order valence-corrected chi connectivity index (χ4v) is 0.580. The van der Waals surface area contributed by atoms with E-state index >= 15 is 0 Å². The molecule has 0 aliphatic carbocycles. The molecule has 0 rings (SSSR count). The normalized spacial score (nSPS) is 14.8. The van der Waals surface area contributed by atoms with Gasteiger partial charge in [0.1, 0.15) is 0 Å². The zero-order valence-corrected chi connectivity index (χ0v) is 5.88. The van der Waals surface area contributed by atoms with Crippen molar-refractivity contribution in [2.75, 3.05) is 0 Å². The molecule has 0 fully saturated rings. The largest absolute Gasteiger partial charge is 0.449 e. The van der Waals surface area contributed by atoms with E-state index < -0.39 is 27.0 Å². The third kappa shape index (κ3) is 1.64. The first-order valence-corrected chi connectivity index (χ1v) is 3.61. The van der Waals surface area contributed by atoms with Gasteiger partial charge in [0.05, 0.1) is 0 Å². The van der Waals surface area contributed by atoms with E-state index in [0.29, 0.717) is 0 Å². The van der Waals surface area contributed by atoms with Crippen molar-refractivity contribution >= 4 is 10.1 Å². The topological polar surface area (TPSA) is 66.4 Å². The lowest BCUT2D eigenvalue weighted by atomic mass is 10.6. The molecule has 0 amide bonds. The summed E-state index contributed by atoms with van der Waals surface area (Å²) in [5.74, 6) is 0. The quantitative estimate of drug-likeness (QED) is 0.312. The van der Waals surface area contributed by atoms with E-state index in [1.807, 2.05) is 0 Å². The van der Waals surface area contributed by atoms with Gasteiger partial charge in [0.25, 0.3) is 0 Å². The van der Waals surface area contributed by atoms with Gasteiger partial charge in [0.15, 0.2) is 0 Å². The molecule has 0 aromatic carbocycles. The number of hydrogen-bond acceptors (Lipinski definition) is 3. The molecule has 12 heavy (non-hydrogen) atoms. The molecule has 2 N–H and O–H groups in total. The third-order valence-electron chi connectivity index (χ3n) is 0.808. The molecule has 0 aliphatic heterocycles. The minimum Gasteiger partial charge on any atom is -0.281 e. The second-order valence-electron chi connectivity index (χ2n) is 1.66. The lowest BCUT2D eigenvalue weighted by Crippen LogP contribution is -2.53. The lowest BCUT2D eigenvalue weighted by molar-refractivity contribution is -0.208. The van der Waals surface area contributed by atoms with Crippen LogP contribution in [0.2, 0.25) is 0 Å². The molecule has 0 saturated carbocycles. The van der Waals surface area contributed by atoms with Gasteiger partial charge in [-0.3, -0.25) is 4.55 Å². The van der Waals surface area contributed by atoms with Crippen molar-refractivity contribution in [1.82, 2.24) is 5.54 Å². The van der Waals surface area contributed by atoms with Gasteiger partial charge in [-0.05, 0) is 0 Å². The van der Waals surface area contributed by atoms with Crippen LogP contribution in [0.15, 0.2) is 0 Å². The van der Waals surface area contributed by atoms with Crippen LogP contribution in [0.25, 0.3) is 0 Å². The zero-order chi connectivity index (χ0) is 10.2. The van der Waals surface area contributed by atoms with Gasteiger partial charge in [-0.15, -0.1) is 4.48 Å². The van der Waals surface area contributed by atoms with E-state index in [-0.39, 0.29) is 0 Å². The molecule has 0 saturated heterocycles. The minimum absolute atomic E-state index is 0.734. The molecule has 10 heteroatoms. The van der Waals surface area contributed by atoms with Crippen LogP contribution >= 0.6 is 0 Å². The van der Waals surface area contributed by atoms with Crippen LogP contribution in [-0.4, -0.2) is 24.3 Å². The van der Waals surface area contributed by atoms with Gasteiger partial charge in [-0.25, -0.2) is 0 Å². The van der Waals surface area contributed by atoms with E-state index in [9.17, 15) is 30.5 Å². The van der Waals surface area contributed by atoms with E-state index in [1.54, 1.807) is 0 Å². The van der Waals surface area contributed by atoms with E-state index in [0.717, 1.165) is 0 Å². The number of alkyl halides is 4. The molecule has 0 unspecified atom stereocenters. The molecule has 4 nitrogen and oxygen atoms in total. The molecule has 0 aromatic heterocycles. The summed E-state index contributed by atoms with van der Waals surface area (Å²) in [6, 6.07) is -5.67. The van der Waals surface area contributed by atoms with Crippen molar-refractivity contribution in [3.05, 3.63) is 0 Å². The Bertz CT molecular complexity index is 260. The molecule has 0 radical (unpaired) electrons. The smallest absolute Gasteiger partial charge is 0.281 e. The summed E-state index contributed by atoms with van der Waals surface area (Å²) >= 11 is 0. The maximum absolute atomic E-state index is 11.8. The third-order valence-corrected chi connectivity index (χ3v) is 1.71. The van der Waals surface area contributed by atoms with Gasteiger partial charge in [0, 0.05) is 0 Å². The predicted molar refractivity (Wildman–Crippen MR) is 25.7 cm³/mol. The van der Waals surface area contributed by atoms with Crippen LogP contribution in [0.1, 0.15) is 0 Å². The Morgan fingerprint density at radius 2 is 1.50 bits per heavy atom. The van der Waals surface area contributed by atoms with E-state index in [2.05, 4.69) is 0 Å². The highest BCUT2D eigenvalue weighted by atomic mass is 32.2. The van der Waals surface area contributed by atoms with Gasteiger partial charge in [-0.1, -0.05) is 5.54 Å². The molecule has 0 heterocycles. The Morgan fingerprint density at radius 3 is 1.58 bits per heavy atom. The number of hydrogen-bond donors (Lipinski definition) is 2. The lowest BCUT2D eigenvalue weighted by Gasteiger charge is -2.20. The highest BCUT2D eigenvalue weighted by Gasteiger charge is 2.66. The van der Waals surface area contributed by atoms with Crippen molar-refractivity contribution in [2.45, 2.75) is 11.3 Å². The van der Waals surface area contributed by atoms with Gasteiger partial charge in [-0.2, -0.15) is 26.0 Å². The molecule has 0 spiro atoms. The second-order valence-corrected chi connectivity index (χ2v) is 3.12. The fraction of sp³-hybridized carbons (Fsp3) is 1.00. The zero-order valence-electron chi connectivity index (χ0n) is 5.06. The van der Waals surface area contributed by atoms with Crippen molar-refractivity contribution in [1.29, 1.82) is 0 Å². The minimum atomic E-state index is -6.36. The number of rotatable bonds is 3. The van der Waals surface area contributed by atoms with Crippen molar-refractivity contribution in [3.8, 4) is 0 Å².